The van der Waals surface area contributed by atoms with E-state index in [2.05, 4.69) is 34.3 Å². The number of aromatic nitrogens is 5. The van der Waals surface area contributed by atoms with Crippen molar-refractivity contribution >= 4 is 16.9 Å². The van der Waals surface area contributed by atoms with Crippen molar-refractivity contribution in [2.45, 2.75) is 46.3 Å². The maximum atomic E-state index is 12.4. The number of pyridine rings is 1. The third kappa shape index (κ3) is 3.02. The largest absolute Gasteiger partial charge is 0.348 e. The van der Waals surface area contributed by atoms with Gasteiger partial charge < -0.3 is 5.32 Å². The number of rotatable bonds is 5. The number of carbonyl (C=O) groups excluding carboxylic acids is 1. The lowest BCUT2D eigenvalue weighted by Gasteiger charge is -2.14. The van der Waals surface area contributed by atoms with Crippen molar-refractivity contribution in [1.29, 1.82) is 0 Å². The number of nitrogens with zero attached hydrogens (tertiary/aromatic N) is 5. The van der Waals surface area contributed by atoms with E-state index in [1.807, 2.05) is 30.7 Å². The average Bonchev–Trinajstić information content (AvgIpc) is 3.10. The zero-order valence-electron chi connectivity index (χ0n) is 14.4. The molecule has 1 unspecified atom stereocenters. The summed E-state index contributed by atoms with van der Waals surface area (Å²) in [5.74, 6) is -0.0824. The Morgan fingerprint density at radius 1 is 1.25 bits per heavy atom. The van der Waals surface area contributed by atoms with Gasteiger partial charge in [0, 0.05) is 18.4 Å². The van der Waals surface area contributed by atoms with Gasteiger partial charge in [0.1, 0.15) is 17.6 Å². The maximum absolute atomic E-state index is 12.4. The van der Waals surface area contributed by atoms with Gasteiger partial charge in [-0.25, -0.2) is 0 Å². The molecule has 7 heteroatoms. The normalized spacial score (nSPS) is 12.7. The quantitative estimate of drug-likeness (QED) is 0.781. The molecule has 7 nitrogen and oxygen atoms in total. The molecular formula is C17H22N6O. The summed E-state index contributed by atoms with van der Waals surface area (Å²) < 4.78 is 3.65. The highest BCUT2D eigenvalue weighted by Crippen LogP contribution is 2.21. The highest BCUT2D eigenvalue weighted by Gasteiger charge is 2.17. The Bertz CT molecular complexity index is 849. The van der Waals surface area contributed by atoms with Gasteiger partial charge in [-0.2, -0.15) is 10.2 Å². The summed E-state index contributed by atoms with van der Waals surface area (Å²) in [5, 5.41) is 11.9. The summed E-state index contributed by atoms with van der Waals surface area (Å²) in [5.41, 5.74) is 3.77. The molecule has 0 aromatic carbocycles. The Balaban J connectivity index is 1.76. The van der Waals surface area contributed by atoms with Gasteiger partial charge in [-0.3, -0.25) is 19.1 Å². The molecule has 3 aromatic rings. The van der Waals surface area contributed by atoms with Crippen molar-refractivity contribution < 1.29 is 4.79 Å². The fourth-order valence-electron chi connectivity index (χ4n) is 2.85. The van der Waals surface area contributed by atoms with E-state index in [-0.39, 0.29) is 24.5 Å². The highest BCUT2D eigenvalue weighted by molar-refractivity contribution is 5.81. The van der Waals surface area contributed by atoms with E-state index < -0.39 is 0 Å². The maximum Gasteiger partial charge on any atom is 0.242 e. The topological polar surface area (TPSA) is 77.6 Å². The number of hydrogen-bond acceptors (Lipinski definition) is 4. The van der Waals surface area contributed by atoms with Crippen LogP contribution in [0.5, 0.6) is 0 Å². The summed E-state index contributed by atoms with van der Waals surface area (Å²) in [6.07, 6.45) is 5.21. The van der Waals surface area contributed by atoms with Gasteiger partial charge in [0.25, 0.3) is 0 Å². The van der Waals surface area contributed by atoms with Crippen LogP contribution in [-0.4, -0.2) is 30.5 Å². The second-order valence-corrected chi connectivity index (χ2v) is 6.23. The minimum atomic E-state index is -0.0824. The van der Waals surface area contributed by atoms with Gasteiger partial charge >= 0.3 is 0 Å². The molecule has 3 aromatic heterocycles. The zero-order chi connectivity index (χ0) is 17.3. The molecule has 1 atom stereocenters. The van der Waals surface area contributed by atoms with Crippen molar-refractivity contribution in [3.05, 3.63) is 42.0 Å². The molecule has 0 spiro atoms. The first-order valence-corrected chi connectivity index (χ1v) is 8.07. The molecule has 126 valence electrons. The predicted octanol–water partition coefficient (Wildman–Crippen LogP) is 2.39. The Hall–Kier alpha value is -2.70. The molecule has 0 radical (unpaired) electrons. The lowest BCUT2D eigenvalue weighted by Crippen LogP contribution is -2.30. The summed E-state index contributed by atoms with van der Waals surface area (Å²) in [6.45, 7) is 8.22. The van der Waals surface area contributed by atoms with Crippen molar-refractivity contribution in [2.75, 3.05) is 0 Å². The minimum absolute atomic E-state index is 0.0777. The van der Waals surface area contributed by atoms with Crippen molar-refractivity contribution in [2.24, 2.45) is 0 Å². The molecule has 3 heterocycles. The van der Waals surface area contributed by atoms with Gasteiger partial charge in [0.2, 0.25) is 5.91 Å². The highest BCUT2D eigenvalue weighted by atomic mass is 16.2. The molecule has 0 saturated carbocycles. The van der Waals surface area contributed by atoms with Crippen LogP contribution in [0.4, 0.5) is 0 Å². The Labute approximate surface area is 140 Å². The van der Waals surface area contributed by atoms with Crippen LogP contribution in [-0.2, 0) is 11.3 Å². The Kier molecular flexibility index (Phi) is 4.33. The Morgan fingerprint density at radius 3 is 2.62 bits per heavy atom. The molecule has 0 aliphatic heterocycles. The van der Waals surface area contributed by atoms with Crippen LogP contribution >= 0.6 is 0 Å². The Morgan fingerprint density at radius 2 is 1.96 bits per heavy atom. The van der Waals surface area contributed by atoms with E-state index >= 15 is 0 Å². The predicted molar refractivity (Wildman–Crippen MR) is 91.4 cm³/mol. The van der Waals surface area contributed by atoms with Crippen LogP contribution in [0.15, 0.2) is 30.7 Å². The fourth-order valence-corrected chi connectivity index (χ4v) is 2.85. The van der Waals surface area contributed by atoms with Crippen molar-refractivity contribution in [3.8, 4) is 0 Å². The number of hydrogen-bond donors (Lipinski definition) is 1. The summed E-state index contributed by atoms with van der Waals surface area (Å²) in [6, 6.07) is 3.97. The summed E-state index contributed by atoms with van der Waals surface area (Å²) in [4.78, 5) is 16.4. The van der Waals surface area contributed by atoms with Crippen LogP contribution in [0.2, 0.25) is 0 Å². The van der Waals surface area contributed by atoms with Crippen molar-refractivity contribution in [1.82, 2.24) is 29.9 Å². The second kappa shape index (κ2) is 6.43. The number of carbonyl (C=O) groups is 1. The number of aryl methyl sites for hydroxylation is 1. The molecule has 0 aliphatic rings. The van der Waals surface area contributed by atoms with Gasteiger partial charge in [-0.05, 0) is 45.4 Å². The first-order chi connectivity index (χ1) is 11.5. The molecule has 24 heavy (non-hydrogen) atoms. The lowest BCUT2D eigenvalue weighted by atomic mass is 10.1. The van der Waals surface area contributed by atoms with Gasteiger partial charge in [0.05, 0.1) is 17.9 Å². The number of nitrogens with one attached hydrogen (secondary N) is 1. The van der Waals surface area contributed by atoms with Crippen LogP contribution in [0.25, 0.3) is 11.0 Å². The third-order valence-electron chi connectivity index (χ3n) is 4.03. The summed E-state index contributed by atoms with van der Waals surface area (Å²) in [7, 11) is 0. The average molecular weight is 326 g/mol. The molecular weight excluding hydrogens is 304 g/mol. The molecule has 0 saturated heterocycles. The van der Waals surface area contributed by atoms with E-state index in [1.54, 1.807) is 23.3 Å². The lowest BCUT2D eigenvalue weighted by molar-refractivity contribution is -0.122. The molecule has 3 rings (SSSR count). The molecule has 1 N–H and O–H groups in total. The first-order valence-electron chi connectivity index (χ1n) is 8.07. The van der Waals surface area contributed by atoms with Crippen LogP contribution in [0, 0.1) is 6.92 Å². The fraction of sp³-hybridized carbons (Fsp3) is 0.412. The van der Waals surface area contributed by atoms with E-state index in [0.717, 1.165) is 22.3 Å². The standard InChI is InChI=1S/C17H22N6O/c1-11(2)23-15-9-19-22(17(15)13(4)21-23)10-16(24)20-12(3)14-5-7-18-8-6-14/h5-9,11-12H,10H2,1-4H3,(H,20,24). The second-order valence-electron chi connectivity index (χ2n) is 6.23. The molecule has 0 fully saturated rings. The smallest absolute Gasteiger partial charge is 0.242 e. The SMILES string of the molecule is Cc1nn(C(C)C)c2cnn(CC(=O)NC(C)c3ccncc3)c12. The zero-order valence-corrected chi connectivity index (χ0v) is 14.4. The van der Waals surface area contributed by atoms with Crippen molar-refractivity contribution in [3.63, 3.8) is 0 Å². The van der Waals surface area contributed by atoms with E-state index in [0.29, 0.717) is 0 Å². The van der Waals surface area contributed by atoms with Crippen LogP contribution < -0.4 is 5.32 Å². The van der Waals surface area contributed by atoms with E-state index in [9.17, 15) is 4.79 Å². The van der Waals surface area contributed by atoms with Gasteiger partial charge in [-0.15, -0.1) is 0 Å². The van der Waals surface area contributed by atoms with Crippen LogP contribution in [0.3, 0.4) is 0 Å². The summed E-state index contributed by atoms with van der Waals surface area (Å²) >= 11 is 0. The number of amides is 1. The van der Waals surface area contributed by atoms with Crippen LogP contribution in [0.1, 0.15) is 44.1 Å². The first kappa shape index (κ1) is 16.2. The van der Waals surface area contributed by atoms with Gasteiger partial charge in [-0.1, -0.05) is 0 Å². The van der Waals surface area contributed by atoms with Gasteiger partial charge in [0.15, 0.2) is 0 Å². The molecule has 0 aliphatic carbocycles. The molecule has 0 bridgehead atoms. The monoisotopic (exact) mass is 326 g/mol. The van der Waals surface area contributed by atoms with E-state index in [1.165, 1.54) is 0 Å². The number of fused-ring (bicyclic) bond motifs is 1. The minimum Gasteiger partial charge on any atom is -0.348 e. The third-order valence-corrected chi connectivity index (χ3v) is 4.03. The molecule has 1 amide bonds. The van der Waals surface area contributed by atoms with E-state index in [4.69, 9.17) is 0 Å².